The van der Waals surface area contributed by atoms with Crippen LogP contribution in [0.5, 0.6) is 0 Å². The van der Waals surface area contributed by atoms with E-state index in [9.17, 15) is 8.42 Å². The molecule has 6 nitrogen and oxygen atoms in total. The van der Waals surface area contributed by atoms with Crippen LogP contribution in [0.3, 0.4) is 0 Å². The van der Waals surface area contributed by atoms with Crippen LogP contribution in [-0.4, -0.2) is 41.8 Å². The third-order valence-electron chi connectivity index (χ3n) is 3.77. The summed E-state index contributed by atoms with van der Waals surface area (Å²) in [5.41, 5.74) is 7.10. The summed E-state index contributed by atoms with van der Waals surface area (Å²) in [6.45, 7) is 0.862. The Morgan fingerprint density at radius 3 is 2.90 bits per heavy atom. The van der Waals surface area contributed by atoms with Crippen molar-refractivity contribution < 1.29 is 8.42 Å². The molecule has 20 heavy (non-hydrogen) atoms. The van der Waals surface area contributed by atoms with Crippen molar-refractivity contribution in [1.29, 1.82) is 0 Å². The number of hydrogen-bond donors (Lipinski definition) is 2. The number of hydrogen-bond acceptors (Lipinski definition) is 4. The van der Waals surface area contributed by atoms with Crippen LogP contribution in [0.4, 0.5) is 0 Å². The molecule has 2 heterocycles. The highest BCUT2D eigenvalue weighted by Gasteiger charge is 2.34. The van der Waals surface area contributed by atoms with Gasteiger partial charge in [0.2, 0.25) is 5.16 Å². The monoisotopic (exact) mass is 294 g/mol. The van der Waals surface area contributed by atoms with Crippen molar-refractivity contribution in [3.63, 3.8) is 0 Å². The van der Waals surface area contributed by atoms with Crippen LogP contribution in [0.2, 0.25) is 0 Å². The van der Waals surface area contributed by atoms with Crippen LogP contribution in [0.1, 0.15) is 19.3 Å². The highest BCUT2D eigenvalue weighted by atomic mass is 32.2. The predicted molar refractivity (Wildman–Crippen MR) is 76.7 cm³/mol. The molecule has 7 heteroatoms. The molecule has 1 aliphatic heterocycles. The highest BCUT2D eigenvalue weighted by Crippen LogP contribution is 2.24. The molecule has 1 atom stereocenters. The molecule has 0 aliphatic carbocycles. The largest absolute Gasteiger partial charge is 0.329 e. The summed E-state index contributed by atoms with van der Waals surface area (Å²) in [5.74, 6) is 0. The molecule has 1 fully saturated rings. The van der Waals surface area contributed by atoms with Crippen molar-refractivity contribution in [2.24, 2.45) is 5.73 Å². The zero-order valence-corrected chi connectivity index (χ0v) is 11.9. The van der Waals surface area contributed by atoms with Gasteiger partial charge in [0.25, 0.3) is 10.0 Å². The topological polar surface area (TPSA) is 92.1 Å². The van der Waals surface area contributed by atoms with Gasteiger partial charge in [0, 0.05) is 19.1 Å². The number of aromatic amines is 1. The molecule has 1 saturated heterocycles. The van der Waals surface area contributed by atoms with Gasteiger partial charge in [0.1, 0.15) is 0 Å². The van der Waals surface area contributed by atoms with E-state index in [0.717, 1.165) is 24.8 Å². The van der Waals surface area contributed by atoms with Gasteiger partial charge < -0.3 is 10.7 Å². The van der Waals surface area contributed by atoms with E-state index < -0.39 is 10.0 Å². The maximum absolute atomic E-state index is 12.7. The van der Waals surface area contributed by atoms with E-state index in [-0.39, 0.29) is 11.2 Å². The van der Waals surface area contributed by atoms with Gasteiger partial charge in [-0.2, -0.15) is 4.31 Å². The van der Waals surface area contributed by atoms with Crippen molar-refractivity contribution in [2.75, 3.05) is 13.1 Å². The first-order chi connectivity index (χ1) is 9.63. The molecule has 3 N–H and O–H groups in total. The van der Waals surface area contributed by atoms with E-state index in [2.05, 4.69) is 9.97 Å². The quantitative estimate of drug-likeness (QED) is 0.885. The minimum Gasteiger partial charge on any atom is -0.329 e. The Hall–Kier alpha value is -1.44. The van der Waals surface area contributed by atoms with E-state index >= 15 is 0 Å². The summed E-state index contributed by atoms with van der Waals surface area (Å²) in [6, 6.07) is 7.17. The molecule has 0 amide bonds. The van der Waals surface area contributed by atoms with Gasteiger partial charge in [-0.3, -0.25) is 0 Å². The number of nitrogens with one attached hydrogen (secondary N) is 1. The van der Waals surface area contributed by atoms with Crippen molar-refractivity contribution in [3.05, 3.63) is 24.3 Å². The number of aromatic nitrogens is 2. The maximum Gasteiger partial charge on any atom is 0.277 e. The summed E-state index contributed by atoms with van der Waals surface area (Å²) >= 11 is 0. The van der Waals surface area contributed by atoms with Crippen molar-refractivity contribution in [3.8, 4) is 0 Å². The second-order valence-electron chi connectivity index (χ2n) is 5.06. The lowest BCUT2D eigenvalue weighted by Gasteiger charge is -2.32. The maximum atomic E-state index is 12.7. The Labute approximate surface area is 118 Å². The van der Waals surface area contributed by atoms with Crippen LogP contribution in [0.25, 0.3) is 11.0 Å². The molecule has 0 radical (unpaired) electrons. The lowest BCUT2D eigenvalue weighted by molar-refractivity contribution is 0.256. The van der Waals surface area contributed by atoms with Crippen molar-refractivity contribution >= 4 is 21.1 Å². The smallest absolute Gasteiger partial charge is 0.277 e. The number of sulfonamides is 1. The van der Waals surface area contributed by atoms with E-state index in [0.29, 0.717) is 18.6 Å². The van der Waals surface area contributed by atoms with Crippen molar-refractivity contribution in [1.82, 2.24) is 14.3 Å². The number of imidazole rings is 1. The number of piperidine rings is 1. The molecule has 0 saturated carbocycles. The molecule has 108 valence electrons. The first-order valence-electron chi connectivity index (χ1n) is 6.79. The zero-order chi connectivity index (χ0) is 14.2. The van der Waals surface area contributed by atoms with E-state index in [1.54, 1.807) is 6.07 Å². The number of fused-ring (bicyclic) bond motifs is 1. The molecule has 2 aromatic rings. The fraction of sp³-hybridized carbons (Fsp3) is 0.462. The average molecular weight is 294 g/mol. The molecule has 1 aromatic carbocycles. The van der Waals surface area contributed by atoms with Gasteiger partial charge in [-0.25, -0.2) is 13.4 Å². The first-order valence-corrected chi connectivity index (χ1v) is 8.23. The number of H-pyrrole nitrogens is 1. The van der Waals surface area contributed by atoms with E-state index in [1.807, 2.05) is 18.2 Å². The molecule has 0 bridgehead atoms. The van der Waals surface area contributed by atoms with Crippen LogP contribution in [0, 0.1) is 0 Å². The second-order valence-corrected chi connectivity index (χ2v) is 6.87. The average Bonchev–Trinajstić information content (AvgIpc) is 2.92. The van der Waals surface area contributed by atoms with Gasteiger partial charge in [-0.15, -0.1) is 0 Å². The molecular weight excluding hydrogens is 276 g/mol. The summed E-state index contributed by atoms with van der Waals surface area (Å²) in [4.78, 5) is 7.10. The Morgan fingerprint density at radius 1 is 1.35 bits per heavy atom. The molecular formula is C13H18N4O2S. The minimum absolute atomic E-state index is 0.0130. The van der Waals surface area contributed by atoms with Crippen LogP contribution in [0.15, 0.2) is 29.4 Å². The molecule has 1 aromatic heterocycles. The van der Waals surface area contributed by atoms with Gasteiger partial charge in [0.15, 0.2) is 0 Å². The number of rotatable bonds is 3. The normalized spacial score (nSPS) is 21.4. The zero-order valence-electron chi connectivity index (χ0n) is 11.1. The van der Waals surface area contributed by atoms with Gasteiger partial charge in [-0.05, 0) is 25.0 Å². The van der Waals surface area contributed by atoms with Crippen molar-refractivity contribution in [2.45, 2.75) is 30.5 Å². The highest BCUT2D eigenvalue weighted by molar-refractivity contribution is 7.89. The number of para-hydroxylation sites is 2. The van der Waals surface area contributed by atoms with Gasteiger partial charge in [0.05, 0.1) is 11.0 Å². The second kappa shape index (κ2) is 5.16. The fourth-order valence-corrected chi connectivity index (χ4v) is 4.32. The Bertz CT molecular complexity index is 677. The number of nitrogens with zero attached hydrogens (tertiary/aromatic N) is 2. The van der Waals surface area contributed by atoms with Crippen LogP contribution < -0.4 is 5.73 Å². The number of benzene rings is 1. The molecule has 3 rings (SSSR count). The Morgan fingerprint density at radius 2 is 2.15 bits per heavy atom. The third kappa shape index (κ3) is 2.21. The molecule has 0 spiro atoms. The predicted octanol–water partition coefficient (Wildman–Crippen LogP) is 1.06. The third-order valence-corrected chi connectivity index (χ3v) is 5.55. The fourth-order valence-electron chi connectivity index (χ4n) is 2.69. The SMILES string of the molecule is NC[C@H]1CCCCN1S(=O)(=O)c1nc2ccccc2[nH]1. The summed E-state index contributed by atoms with van der Waals surface area (Å²) in [5, 5.41) is 0.0130. The summed E-state index contributed by atoms with van der Waals surface area (Å²) in [6.07, 6.45) is 2.71. The summed E-state index contributed by atoms with van der Waals surface area (Å²) < 4.78 is 26.9. The molecule has 0 unspecified atom stereocenters. The van der Waals surface area contributed by atoms with E-state index in [1.165, 1.54) is 4.31 Å². The summed E-state index contributed by atoms with van der Waals surface area (Å²) in [7, 11) is -3.60. The first kappa shape index (κ1) is 13.5. The lowest BCUT2D eigenvalue weighted by Crippen LogP contribution is -2.47. The van der Waals surface area contributed by atoms with Gasteiger partial charge >= 0.3 is 0 Å². The van der Waals surface area contributed by atoms with Crippen LogP contribution >= 0.6 is 0 Å². The van der Waals surface area contributed by atoms with Crippen LogP contribution in [-0.2, 0) is 10.0 Å². The lowest BCUT2D eigenvalue weighted by atomic mass is 10.1. The Balaban J connectivity index is 2.01. The standard InChI is InChI=1S/C13H18N4O2S/c14-9-10-5-3-4-8-17(10)20(18,19)13-15-11-6-1-2-7-12(11)16-13/h1-2,6-7,10H,3-5,8-9,14H2,(H,15,16)/t10-/m1/s1. The molecule has 1 aliphatic rings. The minimum atomic E-state index is -3.60. The van der Waals surface area contributed by atoms with Gasteiger partial charge in [-0.1, -0.05) is 18.6 Å². The number of nitrogens with two attached hydrogens (primary N) is 1. The Kier molecular flexibility index (Phi) is 3.49. The van der Waals surface area contributed by atoms with E-state index in [4.69, 9.17) is 5.73 Å².